The van der Waals surface area contributed by atoms with Crippen LogP contribution in [-0.4, -0.2) is 42.5 Å². The van der Waals surface area contributed by atoms with Gasteiger partial charge in [-0.2, -0.15) is 0 Å². The Morgan fingerprint density at radius 2 is 1.96 bits per heavy atom. The predicted octanol–water partition coefficient (Wildman–Crippen LogP) is 3.82. The summed E-state index contributed by atoms with van der Waals surface area (Å²) in [5, 5.41) is 2.91. The molecule has 5 nitrogen and oxygen atoms in total. The van der Waals surface area contributed by atoms with Crippen molar-refractivity contribution in [3.05, 3.63) is 65.2 Å². The zero-order valence-corrected chi connectivity index (χ0v) is 16.6. The summed E-state index contributed by atoms with van der Waals surface area (Å²) in [7, 11) is 0. The summed E-state index contributed by atoms with van der Waals surface area (Å²) in [4.78, 5) is 26.9. The largest absolute Gasteiger partial charge is 0.377 e. The summed E-state index contributed by atoms with van der Waals surface area (Å²) in [6, 6.07) is 15.6. The van der Waals surface area contributed by atoms with Crippen LogP contribution in [0, 0.1) is 6.92 Å². The van der Waals surface area contributed by atoms with Crippen LogP contribution in [0.4, 0.5) is 5.69 Å². The fourth-order valence-corrected chi connectivity index (χ4v) is 3.36. The van der Waals surface area contributed by atoms with Crippen LogP contribution in [0.15, 0.2) is 48.5 Å². The second-order valence-electron chi connectivity index (χ2n) is 7.39. The number of nitrogens with one attached hydrogen (secondary N) is 1. The first kappa shape index (κ1) is 20.1. The first-order chi connectivity index (χ1) is 13.5. The molecule has 1 N–H and O–H groups in total. The van der Waals surface area contributed by atoms with E-state index in [9.17, 15) is 9.59 Å². The molecule has 1 fully saturated rings. The van der Waals surface area contributed by atoms with Crippen LogP contribution in [0.25, 0.3) is 0 Å². The van der Waals surface area contributed by atoms with Crippen molar-refractivity contribution in [1.82, 2.24) is 4.90 Å². The number of morpholine rings is 1. The number of amides is 2. The quantitative estimate of drug-likeness (QED) is 0.829. The summed E-state index contributed by atoms with van der Waals surface area (Å²) in [5.74, 6) is -0.0530. The van der Waals surface area contributed by atoms with E-state index in [0.29, 0.717) is 37.4 Å². The number of carbonyl (C=O) groups excluding carboxylic acids is 2. The van der Waals surface area contributed by atoms with E-state index in [4.69, 9.17) is 4.74 Å². The van der Waals surface area contributed by atoms with Crippen molar-refractivity contribution in [2.45, 2.75) is 39.2 Å². The molecule has 0 bridgehead atoms. The Morgan fingerprint density at radius 3 is 2.71 bits per heavy atom. The summed E-state index contributed by atoms with van der Waals surface area (Å²) in [6.45, 7) is 5.76. The zero-order chi connectivity index (χ0) is 19.9. The van der Waals surface area contributed by atoms with E-state index in [1.807, 2.05) is 17.9 Å². The first-order valence-corrected chi connectivity index (χ1v) is 9.87. The summed E-state index contributed by atoms with van der Waals surface area (Å²) >= 11 is 0. The van der Waals surface area contributed by atoms with Crippen LogP contribution in [-0.2, 0) is 16.0 Å². The molecular weight excluding hydrogens is 352 g/mol. The second-order valence-corrected chi connectivity index (χ2v) is 7.39. The minimum atomic E-state index is -0.0311. The SMILES string of the molecule is Cc1ccc(CCCC(=O)Nc2cccc(C(=O)N3CCOCC3C)c2)cc1. The Kier molecular flexibility index (Phi) is 6.82. The maximum atomic E-state index is 12.8. The Morgan fingerprint density at radius 1 is 1.18 bits per heavy atom. The molecule has 1 atom stereocenters. The molecule has 28 heavy (non-hydrogen) atoms. The molecule has 0 saturated carbocycles. The molecule has 2 amide bonds. The van der Waals surface area contributed by atoms with Gasteiger partial charge in [-0.15, -0.1) is 0 Å². The maximum Gasteiger partial charge on any atom is 0.254 e. The number of nitrogens with zero attached hydrogens (tertiary/aromatic N) is 1. The highest BCUT2D eigenvalue weighted by Crippen LogP contribution is 2.17. The normalized spacial score (nSPS) is 16.6. The monoisotopic (exact) mass is 380 g/mol. The van der Waals surface area contributed by atoms with E-state index in [2.05, 4.69) is 36.5 Å². The molecule has 0 aromatic heterocycles. The number of ether oxygens (including phenoxy) is 1. The molecule has 1 saturated heterocycles. The van der Waals surface area contributed by atoms with E-state index < -0.39 is 0 Å². The van der Waals surface area contributed by atoms with Crippen molar-refractivity contribution in [2.75, 3.05) is 25.1 Å². The van der Waals surface area contributed by atoms with E-state index in [1.54, 1.807) is 18.2 Å². The number of benzene rings is 2. The molecule has 0 aliphatic carbocycles. The van der Waals surface area contributed by atoms with E-state index in [-0.39, 0.29) is 17.9 Å². The van der Waals surface area contributed by atoms with Gasteiger partial charge in [0.05, 0.1) is 19.3 Å². The highest BCUT2D eigenvalue weighted by molar-refractivity contribution is 5.97. The van der Waals surface area contributed by atoms with Gasteiger partial charge in [-0.3, -0.25) is 9.59 Å². The molecule has 0 radical (unpaired) electrons. The Balaban J connectivity index is 1.52. The Hall–Kier alpha value is -2.66. The number of aryl methyl sites for hydroxylation is 2. The topological polar surface area (TPSA) is 58.6 Å². The molecule has 1 aliphatic rings. The lowest BCUT2D eigenvalue weighted by atomic mass is 10.1. The molecule has 2 aromatic carbocycles. The molecule has 1 unspecified atom stereocenters. The minimum absolute atomic E-state index is 0.0220. The van der Waals surface area contributed by atoms with Gasteiger partial charge in [0.2, 0.25) is 5.91 Å². The lowest BCUT2D eigenvalue weighted by Crippen LogP contribution is -2.47. The molecule has 148 valence electrons. The van der Waals surface area contributed by atoms with Crippen LogP contribution < -0.4 is 5.32 Å². The van der Waals surface area contributed by atoms with Crippen molar-refractivity contribution >= 4 is 17.5 Å². The van der Waals surface area contributed by atoms with Gasteiger partial charge >= 0.3 is 0 Å². The Labute approximate surface area is 166 Å². The maximum absolute atomic E-state index is 12.8. The van der Waals surface area contributed by atoms with Crippen molar-refractivity contribution in [1.29, 1.82) is 0 Å². The van der Waals surface area contributed by atoms with Crippen LogP contribution in [0.5, 0.6) is 0 Å². The van der Waals surface area contributed by atoms with E-state index in [1.165, 1.54) is 11.1 Å². The summed E-state index contributed by atoms with van der Waals surface area (Å²) in [5.41, 5.74) is 3.73. The molecule has 1 heterocycles. The molecule has 1 aliphatic heterocycles. The van der Waals surface area contributed by atoms with Gasteiger partial charge in [-0.1, -0.05) is 35.9 Å². The first-order valence-electron chi connectivity index (χ1n) is 9.87. The summed E-state index contributed by atoms with van der Waals surface area (Å²) in [6.07, 6.45) is 2.12. The molecule has 2 aromatic rings. The molecule has 3 rings (SSSR count). The van der Waals surface area contributed by atoms with Crippen LogP contribution in [0.1, 0.15) is 41.3 Å². The van der Waals surface area contributed by atoms with Crippen molar-refractivity contribution in [3.8, 4) is 0 Å². The number of rotatable bonds is 6. The van der Waals surface area contributed by atoms with Gasteiger partial charge < -0.3 is 15.0 Å². The van der Waals surface area contributed by atoms with Crippen molar-refractivity contribution in [2.24, 2.45) is 0 Å². The van der Waals surface area contributed by atoms with Gasteiger partial charge in [0.15, 0.2) is 0 Å². The van der Waals surface area contributed by atoms with Crippen LogP contribution in [0.3, 0.4) is 0 Å². The van der Waals surface area contributed by atoms with Gasteiger partial charge in [0.1, 0.15) is 0 Å². The highest BCUT2D eigenvalue weighted by atomic mass is 16.5. The van der Waals surface area contributed by atoms with Crippen molar-refractivity contribution in [3.63, 3.8) is 0 Å². The molecule has 0 spiro atoms. The number of anilines is 1. The van der Waals surface area contributed by atoms with E-state index in [0.717, 1.165) is 12.8 Å². The average molecular weight is 380 g/mol. The Bertz CT molecular complexity index is 817. The van der Waals surface area contributed by atoms with Gasteiger partial charge in [0, 0.05) is 24.2 Å². The highest BCUT2D eigenvalue weighted by Gasteiger charge is 2.24. The number of carbonyl (C=O) groups is 2. The zero-order valence-electron chi connectivity index (χ0n) is 16.6. The van der Waals surface area contributed by atoms with Gasteiger partial charge in [-0.25, -0.2) is 0 Å². The average Bonchev–Trinajstić information content (AvgIpc) is 2.69. The van der Waals surface area contributed by atoms with Gasteiger partial charge in [-0.05, 0) is 50.5 Å². The van der Waals surface area contributed by atoms with Crippen LogP contribution >= 0.6 is 0 Å². The van der Waals surface area contributed by atoms with E-state index >= 15 is 0 Å². The predicted molar refractivity (Wildman–Crippen MR) is 111 cm³/mol. The third-order valence-corrected chi connectivity index (χ3v) is 5.01. The fraction of sp³-hybridized carbons (Fsp3) is 0.391. The standard InChI is InChI=1S/C23H28N2O3/c1-17-9-11-19(12-10-17)5-3-8-22(26)24-21-7-4-6-20(15-21)23(27)25-13-14-28-16-18(25)2/h4,6-7,9-12,15,18H,3,5,8,13-14,16H2,1-2H3,(H,24,26). The number of hydrogen-bond donors (Lipinski definition) is 1. The second kappa shape index (κ2) is 9.51. The van der Waals surface area contributed by atoms with Gasteiger partial charge in [0.25, 0.3) is 5.91 Å². The molecular formula is C23H28N2O3. The van der Waals surface area contributed by atoms with Crippen molar-refractivity contribution < 1.29 is 14.3 Å². The van der Waals surface area contributed by atoms with Crippen LogP contribution in [0.2, 0.25) is 0 Å². The number of hydrogen-bond acceptors (Lipinski definition) is 3. The third kappa shape index (κ3) is 5.42. The third-order valence-electron chi connectivity index (χ3n) is 5.01. The fourth-order valence-electron chi connectivity index (χ4n) is 3.36. The lowest BCUT2D eigenvalue weighted by Gasteiger charge is -2.33. The smallest absolute Gasteiger partial charge is 0.254 e. The lowest BCUT2D eigenvalue weighted by molar-refractivity contribution is -0.116. The molecule has 5 heteroatoms. The minimum Gasteiger partial charge on any atom is -0.377 e. The summed E-state index contributed by atoms with van der Waals surface area (Å²) < 4.78 is 5.40.